The van der Waals surface area contributed by atoms with E-state index in [2.05, 4.69) is 21.2 Å². The summed E-state index contributed by atoms with van der Waals surface area (Å²) in [6.45, 7) is 3.67. The minimum absolute atomic E-state index is 0.0851. The molecule has 0 aliphatic carbocycles. The van der Waals surface area contributed by atoms with Gasteiger partial charge in [-0.3, -0.25) is 35.6 Å². The first kappa shape index (κ1) is 37.3. The Kier molecular flexibility index (Phi) is 13.5. The fourth-order valence-corrected chi connectivity index (χ4v) is 3.55. The summed E-state index contributed by atoms with van der Waals surface area (Å²) in [4.78, 5) is 52.4. The number of nitrogens with one attached hydrogen (secondary N) is 4. The van der Waals surface area contributed by atoms with Crippen LogP contribution in [0.4, 0.5) is 18.9 Å². The number of amides is 3. The van der Waals surface area contributed by atoms with Crippen LogP contribution >= 0.6 is 0 Å². The van der Waals surface area contributed by atoms with Gasteiger partial charge >= 0.3 is 12.1 Å². The molecule has 3 aromatic rings. The van der Waals surface area contributed by atoms with E-state index in [1.54, 1.807) is 82.5 Å². The third-order valence-corrected chi connectivity index (χ3v) is 5.99. The second kappa shape index (κ2) is 17.0. The molecule has 0 fully saturated rings. The molecular formula is C30H34F3N7O7. The van der Waals surface area contributed by atoms with Crippen molar-refractivity contribution in [2.24, 2.45) is 5.73 Å². The number of ether oxygens (including phenoxy) is 2. The van der Waals surface area contributed by atoms with Crippen LogP contribution in [0.3, 0.4) is 0 Å². The van der Waals surface area contributed by atoms with Gasteiger partial charge in [0.15, 0.2) is 18.1 Å². The van der Waals surface area contributed by atoms with E-state index in [9.17, 15) is 27.6 Å². The average Bonchev–Trinajstić information content (AvgIpc) is 3.02. The predicted molar refractivity (Wildman–Crippen MR) is 164 cm³/mol. The van der Waals surface area contributed by atoms with Crippen molar-refractivity contribution < 1.29 is 46.9 Å². The molecule has 0 spiro atoms. The number of aryl methyl sites for hydroxylation is 1. The minimum Gasteiger partial charge on any atom is -0.490 e. The summed E-state index contributed by atoms with van der Waals surface area (Å²) in [5.74, 6) is -3.53. The Labute approximate surface area is 267 Å². The number of aromatic nitrogens is 1. The van der Waals surface area contributed by atoms with Gasteiger partial charge in [-0.25, -0.2) is 4.79 Å². The summed E-state index contributed by atoms with van der Waals surface area (Å²) in [5, 5.41) is 17.9. The number of rotatable bonds is 11. The second-order valence-corrected chi connectivity index (χ2v) is 9.70. The topological polar surface area (TPSA) is 209 Å². The molecule has 252 valence electrons. The van der Waals surface area contributed by atoms with Crippen LogP contribution in [0.2, 0.25) is 0 Å². The van der Waals surface area contributed by atoms with Gasteiger partial charge in [0.1, 0.15) is 17.6 Å². The zero-order valence-electron chi connectivity index (χ0n) is 25.8. The van der Waals surface area contributed by atoms with Crippen LogP contribution in [-0.2, 0) is 14.4 Å². The van der Waals surface area contributed by atoms with Gasteiger partial charge in [0.2, 0.25) is 0 Å². The molecule has 17 heteroatoms. The quantitative estimate of drug-likeness (QED) is 0.101. The number of nitrogens with two attached hydrogens (primary N) is 1. The van der Waals surface area contributed by atoms with E-state index in [1.165, 1.54) is 11.1 Å². The lowest BCUT2D eigenvalue weighted by atomic mass is 10.0. The summed E-state index contributed by atoms with van der Waals surface area (Å²) < 4.78 is 43.1. The van der Waals surface area contributed by atoms with Crippen molar-refractivity contribution >= 4 is 35.2 Å². The Balaban J connectivity index is 0.000000984. The van der Waals surface area contributed by atoms with Crippen molar-refractivity contribution in [2.45, 2.75) is 26.1 Å². The number of hydrogen-bond acceptors (Lipinski definition) is 9. The van der Waals surface area contributed by atoms with E-state index in [4.69, 9.17) is 30.5 Å². The molecule has 7 N–H and O–H groups in total. The molecule has 2 aromatic carbocycles. The van der Waals surface area contributed by atoms with Gasteiger partial charge in [-0.2, -0.15) is 13.2 Å². The van der Waals surface area contributed by atoms with Crippen molar-refractivity contribution in [3.8, 4) is 11.5 Å². The lowest BCUT2D eigenvalue weighted by Gasteiger charge is -2.22. The van der Waals surface area contributed by atoms with Gasteiger partial charge in [0.25, 0.3) is 17.7 Å². The predicted octanol–water partition coefficient (Wildman–Crippen LogP) is 2.79. The van der Waals surface area contributed by atoms with Crippen molar-refractivity contribution in [3.63, 3.8) is 0 Å². The maximum Gasteiger partial charge on any atom is 0.490 e. The van der Waals surface area contributed by atoms with Gasteiger partial charge in [-0.05, 0) is 67.4 Å². The summed E-state index contributed by atoms with van der Waals surface area (Å²) >= 11 is 0. The number of carboxylic acid groups (broad SMARTS) is 1. The number of amidine groups is 1. The number of anilines is 1. The number of alkyl halides is 3. The number of carbonyl (C=O) groups is 4. The number of aliphatic carboxylic acids is 1. The maximum atomic E-state index is 13.4. The number of halogens is 3. The highest BCUT2D eigenvalue weighted by molar-refractivity contribution is 5.96. The Morgan fingerprint density at radius 1 is 1.02 bits per heavy atom. The molecule has 0 saturated carbocycles. The zero-order valence-corrected chi connectivity index (χ0v) is 25.8. The Bertz CT molecular complexity index is 1580. The highest BCUT2D eigenvalue weighted by Gasteiger charge is 2.38. The smallest absolute Gasteiger partial charge is 0.490 e. The standard InChI is InChI=1S/C28H33N7O5.C2HF3O2/c1-5-39-22-15-19(10-13-21(22)40-16-23(36)35(3)4)25(32-20-11-8-18(9-12-20)26(29)30)28(38)34-33-27(37)24-17(2)7-6-14-31-24;3-2(4,5)1(6)7/h6-15,25,32H,5,16H2,1-4H3,(H3,29,30)(H,33,37)(H,34,38);(H,6,7). The molecular weight excluding hydrogens is 627 g/mol. The fraction of sp³-hybridized carbons (Fsp3) is 0.267. The fourth-order valence-electron chi connectivity index (χ4n) is 3.55. The van der Waals surface area contributed by atoms with E-state index in [0.717, 1.165) is 0 Å². The summed E-state index contributed by atoms with van der Waals surface area (Å²) in [5.41, 5.74) is 12.8. The molecule has 14 nitrogen and oxygen atoms in total. The first-order valence-corrected chi connectivity index (χ1v) is 13.7. The molecule has 1 unspecified atom stereocenters. The van der Waals surface area contributed by atoms with E-state index in [0.29, 0.717) is 40.5 Å². The lowest BCUT2D eigenvalue weighted by Crippen LogP contribution is -2.45. The molecule has 0 aliphatic heterocycles. The zero-order chi connectivity index (χ0) is 35.3. The number of nitrogen functional groups attached to an aromatic ring is 1. The van der Waals surface area contributed by atoms with Crippen LogP contribution in [0.1, 0.15) is 40.1 Å². The highest BCUT2D eigenvalue weighted by Crippen LogP contribution is 2.32. The molecule has 1 heterocycles. The number of benzene rings is 2. The van der Waals surface area contributed by atoms with Crippen LogP contribution in [-0.4, -0.2) is 78.0 Å². The molecule has 0 saturated heterocycles. The van der Waals surface area contributed by atoms with Gasteiger partial charge < -0.3 is 30.5 Å². The number of likely N-dealkylation sites (N-methyl/N-ethyl adjacent to an activating group) is 1. The Morgan fingerprint density at radius 2 is 1.66 bits per heavy atom. The van der Waals surface area contributed by atoms with E-state index in [-0.39, 0.29) is 24.0 Å². The summed E-state index contributed by atoms with van der Waals surface area (Å²) in [6.07, 6.45) is -3.59. The Hall–Kier alpha value is -5.87. The maximum absolute atomic E-state index is 13.4. The third kappa shape index (κ3) is 11.5. The van der Waals surface area contributed by atoms with Crippen LogP contribution in [0.5, 0.6) is 11.5 Å². The van der Waals surface area contributed by atoms with E-state index < -0.39 is 30.0 Å². The summed E-state index contributed by atoms with van der Waals surface area (Å²) in [7, 11) is 3.26. The average molecular weight is 662 g/mol. The van der Waals surface area contributed by atoms with Crippen molar-refractivity contribution in [1.82, 2.24) is 20.7 Å². The minimum atomic E-state index is -5.08. The first-order chi connectivity index (χ1) is 22.0. The number of carboxylic acids is 1. The molecule has 0 bridgehead atoms. The molecule has 3 rings (SSSR count). The largest absolute Gasteiger partial charge is 0.490 e. The molecule has 1 atom stereocenters. The first-order valence-electron chi connectivity index (χ1n) is 13.7. The summed E-state index contributed by atoms with van der Waals surface area (Å²) in [6, 6.07) is 14.0. The number of pyridine rings is 1. The van der Waals surface area contributed by atoms with Gasteiger partial charge in [0.05, 0.1) is 6.61 Å². The second-order valence-electron chi connectivity index (χ2n) is 9.70. The van der Waals surface area contributed by atoms with Crippen LogP contribution < -0.4 is 31.4 Å². The van der Waals surface area contributed by atoms with E-state index in [1.807, 2.05) is 0 Å². The third-order valence-electron chi connectivity index (χ3n) is 5.99. The normalized spacial score (nSPS) is 11.1. The molecule has 1 aromatic heterocycles. The van der Waals surface area contributed by atoms with Gasteiger partial charge in [-0.1, -0.05) is 12.1 Å². The molecule has 3 amide bonds. The number of hydrazine groups is 1. The van der Waals surface area contributed by atoms with Crippen molar-refractivity contribution in [1.29, 1.82) is 5.41 Å². The lowest BCUT2D eigenvalue weighted by molar-refractivity contribution is -0.192. The molecule has 0 radical (unpaired) electrons. The highest BCUT2D eigenvalue weighted by atomic mass is 19.4. The monoisotopic (exact) mass is 661 g/mol. The van der Waals surface area contributed by atoms with Crippen molar-refractivity contribution in [3.05, 3.63) is 83.2 Å². The number of hydrogen-bond donors (Lipinski definition) is 6. The van der Waals surface area contributed by atoms with E-state index >= 15 is 0 Å². The molecule has 47 heavy (non-hydrogen) atoms. The SMILES string of the molecule is CCOc1cc(C(Nc2ccc(C(=N)N)cc2)C(=O)NNC(=O)c2ncccc2C)ccc1OCC(=O)N(C)C.O=C(O)C(F)(F)F. The number of nitrogens with zero attached hydrogens (tertiary/aromatic N) is 2. The Morgan fingerprint density at radius 3 is 2.19 bits per heavy atom. The van der Waals surface area contributed by atoms with Crippen LogP contribution in [0.15, 0.2) is 60.8 Å². The van der Waals surface area contributed by atoms with Crippen LogP contribution in [0, 0.1) is 12.3 Å². The van der Waals surface area contributed by atoms with Gasteiger partial charge in [-0.15, -0.1) is 0 Å². The molecule has 0 aliphatic rings. The van der Waals surface area contributed by atoms with Crippen molar-refractivity contribution in [2.75, 3.05) is 32.6 Å². The number of carbonyl (C=O) groups excluding carboxylic acids is 3. The van der Waals surface area contributed by atoms with Gasteiger partial charge in [0, 0.05) is 31.5 Å². The van der Waals surface area contributed by atoms with Crippen LogP contribution in [0.25, 0.3) is 0 Å².